The number of hydrogen-bond acceptors (Lipinski definition) is 6. The molecule has 0 aromatic carbocycles. The molecule has 1 heterocycles. The molecular formula is C9H18N2O5. The lowest BCUT2D eigenvalue weighted by Crippen LogP contribution is -2.58. The third-order valence-electron chi connectivity index (χ3n) is 2.67. The van der Waals surface area contributed by atoms with Crippen molar-refractivity contribution in [3.63, 3.8) is 0 Å². The second-order valence-electron chi connectivity index (χ2n) is 3.88. The van der Waals surface area contributed by atoms with E-state index in [1.54, 1.807) is 0 Å². The maximum atomic E-state index is 10.7. The van der Waals surface area contributed by atoms with Crippen molar-refractivity contribution in [2.24, 2.45) is 11.7 Å². The molecule has 16 heavy (non-hydrogen) atoms. The zero-order valence-corrected chi connectivity index (χ0v) is 9.04. The van der Waals surface area contributed by atoms with Crippen molar-refractivity contribution in [3.05, 3.63) is 0 Å². The molecule has 1 rings (SSSR count). The van der Waals surface area contributed by atoms with Gasteiger partial charge in [0.1, 0.15) is 12.2 Å². The Morgan fingerprint density at radius 2 is 2.00 bits per heavy atom. The third-order valence-corrected chi connectivity index (χ3v) is 2.67. The van der Waals surface area contributed by atoms with Crippen LogP contribution in [-0.2, 0) is 9.53 Å². The normalized spacial score (nSPS) is 39.4. The molecule has 1 fully saturated rings. The molecule has 7 nitrogen and oxygen atoms in total. The molecule has 0 saturated carbocycles. The maximum absolute atomic E-state index is 10.7. The van der Waals surface area contributed by atoms with Gasteiger partial charge in [0.25, 0.3) is 0 Å². The SMILES string of the molecule is CC(=O)NC[C@H]1C(O)O[C@H](CN)[C@H](O)C1O. The van der Waals surface area contributed by atoms with Crippen molar-refractivity contribution < 1.29 is 24.9 Å². The number of carbonyl (C=O) groups excluding carboxylic acids is 1. The standard InChI is InChI=1S/C9H18N2O5/c1-4(12)11-3-5-7(13)8(14)6(2-10)16-9(5)15/h5-9,13-15H,2-3,10H2,1H3,(H,11,12)/t5-,6-,7?,8+,9?/m1/s1. The Kier molecular flexibility index (Phi) is 4.63. The highest BCUT2D eigenvalue weighted by Crippen LogP contribution is 2.24. The summed E-state index contributed by atoms with van der Waals surface area (Å²) in [6, 6.07) is 0. The summed E-state index contributed by atoms with van der Waals surface area (Å²) in [5.41, 5.74) is 5.31. The first-order valence-electron chi connectivity index (χ1n) is 5.11. The van der Waals surface area contributed by atoms with Gasteiger partial charge in [-0.1, -0.05) is 0 Å². The highest BCUT2D eigenvalue weighted by Gasteiger charge is 2.42. The Balaban J connectivity index is 2.60. The van der Waals surface area contributed by atoms with Gasteiger partial charge >= 0.3 is 0 Å². The smallest absolute Gasteiger partial charge is 0.216 e. The minimum Gasteiger partial charge on any atom is -0.390 e. The number of nitrogens with one attached hydrogen (secondary N) is 1. The van der Waals surface area contributed by atoms with Crippen LogP contribution in [0, 0.1) is 5.92 Å². The Morgan fingerprint density at radius 1 is 1.38 bits per heavy atom. The molecule has 1 aliphatic heterocycles. The summed E-state index contributed by atoms with van der Waals surface area (Å²) in [4.78, 5) is 10.7. The average Bonchev–Trinajstić information content (AvgIpc) is 2.22. The highest BCUT2D eigenvalue weighted by atomic mass is 16.6. The van der Waals surface area contributed by atoms with Crippen LogP contribution < -0.4 is 11.1 Å². The van der Waals surface area contributed by atoms with Gasteiger partial charge in [-0.3, -0.25) is 4.79 Å². The zero-order chi connectivity index (χ0) is 12.3. The van der Waals surface area contributed by atoms with Gasteiger partial charge in [-0.15, -0.1) is 0 Å². The molecule has 7 heteroatoms. The van der Waals surface area contributed by atoms with E-state index in [4.69, 9.17) is 10.5 Å². The lowest BCUT2D eigenvalue weighted by atomic mass is 9.90. The number of rotatable bonds is 3. The highest BCUT2D eigenvalue weighted by molar-refractivity contribution is 5.72. The van der Waals surface area contributed by atoms with Crippen LogP contribution in [0.15, 0.2) is 0 Å². The van der Waals surface area contributed by atoms with E-state index in [1.807, 2.05) is 0 Å². The summed E-state index contributed by atoms with van der Waals surface area (Å²) in [6.07, 6.45) is -4.38. The zero-order valence-electron chi connectivity index (χ0n) is 9.04. The summed E-state index contributed by atoms with van der Waals surface area (Å²) in [6.45, 7) is 1.36. The van der Waals surface area contributed by atoms with Gasteiger partial charge in [0, 0.05) is 20.0 Å². The van der Waals surface area contributed by atoms with Crippen LogP contribution in [0.5, 0.6) is 0 Å². The molecule has 0 radical (unpaired) electrons. The van der Waals surface area contributed by atoms with E-state index < -0.39 is 30.5 Å². The summed E-state index contributed by atoms with van der Waals surface area (Å²) in [7, 11) is 0. The Bertz CT molecular complexity index is 250. The van der Waals surface area contributed by atoms with Crippen molar-refractivity contribution in [2.45, 2.75) is 31.5 Å². The fourth-order valence-corrected chi connectivity index (χ4v) is 1.68. The van der Waals surface area contributed by atoms with Crippen molar-refractivity contribution in [2.75, 3.05) is 13.1 Å². The van der Waals surface area contributed by atoms with Crippen molar-refractivity contribution >= 4 is 5.91 Å². The maximum Gasteiger partial charge on any atom is 0.216 e. The first kappa shape index (κ1) is 13.3. The topological polar surface area (TPSA) is 125 Å². The molecule has 2 unspecified atom stereocenters. The van der Waals surface area contributed by atoms with Crippen molar-refractivity contribution in [3.8, 4) is 0 Å². The van der Waals surface area contributed by atoms with Crippen molar-refractivity contribution in [1.29, 1.82) is 0 Å². The van der Waals surface area contributed by atoms with Crippen LogP contribution in [0.4, 0.5) is 0 Å². The Hall–Kier alpha value is -0.730. The average molecular weight is 234 g/mol. The van der Waals surface area contributed by atoms with Crippen LogP contribution in [0.1, 0.15) is 6.92 Å². The van der Waals surface area contributed by atoms with Crippen LogP contribution in [-0.4, -0.2) is 58.9 Å². The summed E-state index contributed by atoms with van der Waals surface area (Å²) in [5, 5.41) is 31.4. The van der Waals surface area contributed by atoms with Gasteiger partial charge in [-0.05, 0) is 0 Å². The van der Waals surface area contributed by atoms with Crippen LogP contribution in [0.25, 0.3) is 0 Å². The molecular weight excluding hydrogens is 216 g/mol. The fraction of sp³-hybridized carbons (Fsp3) is 0.889. The molecule has 0 spiro atoms. The van der Waals surface area contributed by atoms with Gasteiger partial charge in [0.2, 0.25) is 5.91 Å². The number of hydrogen-bond donors (Lipinski definition) is 5. The Morgan fingerprint density at radius 3 is 2.50 bits per heavy atom. The van der Waals surface area contributed by atoms with Gasteiger partial charge in [-0.25, -0.2) is 0 Å². The number of carbonyl (C=O) groups is 1. The lowest BCUT2D eigenvalue weighted by Gasteiger charge is -2.40. The Labute approximate surface area is 93.2 Å². The van der Waals surface area contributed by atoms with E-state index in [0.29, 0.717) is 0 Å². The minimum atomic E-state index is -1.25. The lowest BCUT2D eigenvalue weighted by molar-refractivity contribution is -0.259. The quantitative estimate of drug-likeness (QED) is 0.357. The first-order chi connectivity index (χ1) is 7.47. The minimum absolute atomic E-state index is 0.00213. The second-order valence-corrected chi connectivity index (χ2v) is 3.88. The molecule has 0 aromatic rings. The van der Waals surface area contributed by atoms with E-state index in [0.717, 1.165) is 0 Å². The predicted octanol–water partition coefficient (Wildman–Crippen LogP) is -2.86. The van der Waals surface area contributed by atoms with Gasteiger partial charge in [0.05, 0.1) is 12.0 Å². The number of nitrogens with two attached hydrogens (primary N) is 1. The molecule has 1 amide bonds. The summed E-state index contributed by atoms with van der Waals surface area (Å²) >= 11 is 0. The van der Waals surface area contributed by atoms with E-state index in [-0.39, 0.29) is 19.0 Å². The van der Waals surface area contributed by atoms with Crippen LogP contribution in [0.2, 0.25) is 0 Å². The number of aliphatic hydroxyl groups excluding tert-OH is 3. The van der Waals surface area contributed by atoms with Crippen LogP contribution >= 0.6 is 0 Å². The number of ether oxygens (including phenoxy) is 1. The molecule has 94 valence electrons. The van der Waals surface area contributed by atoms with Gasteiger partial charge in [-0.2, -0.15) is 0 Å². The molecule has 0 aromatic heterocycles. The van der Waals surface area contributed by atoms with Crippen LogP contribution in [0.3, 0.4) is 0 Å². The monoisotopic (exact) mass is 234 g/mol. The van der Waals surface area contributed by atoms with Gasteiger partial charge in [0.15, 0.2) is 6.29 Å². The summed E-state index contributed by atoms with van der Waals surface area (Å²) < 4.78 is 5.03. The van der Waals surface area contributed by atoms with E-state index in [1.165, 1.54) is 6.92 Å². The van der Waals surface area contributed by atoms with Gasteiger partial charge < -0.3 is 31.1 Å². The molecule has 0 aliphatic carbocycles. The molecule has 0 bridgehead atoms. The fourth-order valence-electron chi connectivity index (χ4n) is 1.68. The van der Waals surface area contributed by atoms with E-state index in [2.05, 4.69) is 5.32 Å². The van der Waals surface area contributed by atoms with E-state index in [9.17, 15) is 20.1 Å². The van der Waals surface area contributed by atoms with E-state index >= 15 is 0 Å². The number of aliphatic hydroxyl groups is 3. The molecule has 5 atom stereocenters. The number of amides is 1. The third kappa shape index (κ3) is 2.89. The molecule has 1 saturated heterocycles. The first-order valence-corrected chi connectivity index (χ1v) is 5.11. The largest absolute Gasteiger partial charge is 0.390 e. The second kappa shape index (κ2) is 5.55. The molecule has 6 N–H and O–H groups in total. The summed E-state index contributed by atoms with van der Waals surface area (Å²) in [5.74, 6) is -1.04. The predicted molar refractivity (Wildman–Crippen MR) is 54.1 cm³/mol. The van der Waals surface area contributed by atoms with Crippen molar-refractivity contribution in [1.82, 2.24) is 5.32 Å². The molecule has 1 aliphatic rings.